The number of hydrogen-bond acceptors (Lipinski definition) is 3. The van der Waals surface area contributed by atoms with Gasteiger partial charge in [0.15, 0.2) is 0 Å². The smallest absolute Gasteiger partial charge is 0.243 e. The van der Waals surface area contributed by atoms with Gasteiger partial charge in [0.2, 0.25) is 11.8 Å². The van der Waals surface area contributed by atoms with Gasteiger partial charge in [-0.2, -0.15) is 0 Å². The van der Waals surface area contributed by atoms with E-state index in [-0.39, 0.29) is 36.7 Å². The van der Waals surface area contributed by atoms with Crippen molar-refractivity contribution in [2.75, 3.05) is 25.5 Å². The van der Waals surface area contributed by atoms with Gasteiger partial charge in [-0.05, 0) is 25.2 Å². The van der Waals surface area contributed by atoms with Gasteiger partial charge < -0.3 is 16.0 Å². The van der Waals surface area contributed by atoms with Crippen LogP contribution in [0.3, 0.4) is 0 Å². The van der Waals surface area contributed by atoms with E-state index in [2.05, 4.69) is 16.0 Å². The number of carbonyl (C=O) groups is 2. The summed E-state index contributed by atoms with van der Waals surface area (Å²) < 4.78 is 0. The molecule has 118 valence electrons. The van der Waals surface area contributed by atoms with Crippen molar-refractivity contribution < 1.29 is 9.59 Å². The Balaban J connectivity index is 0.00000400. The Morgan fingerprint density at radius 2 is 1.95 bits per heavy atom. The van der Waals surface area contributed by atoms with Crippen molar-refractivity contribution in [3.63, 3.8) is 0 Å². The first-order valence-electron chi connectivity index (χ1n) is 6.11. The number of carbonyl (C=O) groups excluding carboxylic acids is 2. The van der Waals surface area contributed by atoms with Crippen LogP contribution in [0.5, 0.6) is 0 Å². The molecule has 0 aliphatic rings. The summed E-state index contributed by atoms with van der Waals surface area (Å²) >= 11 is 11.7. The topological polar surface area (TPSA) is 70.2 Å². The summed E-state index contributed by atoms with van der Waals surface area (Å²) in [5, 5.41) is 8.90. The zero-order valence-electron chi connectivity index (χ0n) is 11.7. The van der Waals surface area contributed by atoms with E-state index in [9.17, 15) is 9.59 Å². The van der Waals surface area contributed by atoms with Crippen molar-refractivity contribution >= 4 is 53.1 Å². The molecular formula is C13H18Cl3N3O2. The van der Waals surface area contributed by atoms with Crippen LogP contribution in [0.4, 0.5) is 5.69 Å². The van der Waals surface area contributed by atoms with Gasteiger partial charge >= 0.3 is 0 Å². The van der Waals surface area contributed by atoms with Crippen LogP contribution < -0.4 is 16.0 Å². The van der Waals surface area contributed by atoms with Gasteiger partial charge in [0, 0.05) is 17.5 Å². The molecule has 0 saturated heterocycles. The van der Waals surface area contributed by atoms with Crippen molar-refractivity contribution in [2.45, 2.75) is 6.92 Å². The molecule has 5 nitrogen and oxygen atoms in total. The number of halogens is 3. The molecule has 0 aliphatic heterocycles. The zero-order chi connectivity index (χ0) is 15.1. The van der Waals surface area contributed by atoms with Crippen LogP contribution in [0.2, 0.25) is 10.0 Å². The van der Waals surface area contributed by atoms with Gasteiger partial charge in [0.25, 0.3) is 0 Å². The number of nitrogens with one attached hydrogen (secondary N) is 3. The minimum absolute atomic E-state index is 0. The van der Waals surface area contributed by atoms with E-state index < -0.39 is 0 Å². The maximum absolute atomic E-state index is 11.7. The molecule has 0 radical (unpaired) electrons. The molecule has 1 rings (SSSR count). The highest BCUT2D eigenvalue weighted by atomic mass is 35.5. The first-order valence-corrected chi connectivity index (χ1v) is 6.87. The number of benzene rings is 1. The summed E-state index contributed by atoms with van der Waals surface area (Å²) in [6.07, 6.45) is 0. The highest BCUT2D eigenvalue weighted by Crippen LogP contribution is 2.25. The van der Waals surface area contributed by atoms with Crippen LogP contribution in [0, 0.1) is 5.92 Å². The van der Waals surface area contributed by atoms with Gasteiger partial charge in [0.05, 0.1) is 17.3 Å². The molecule has 0 saturated carbocycles. The maximum atomic E-state index is 11.7. The molecule has 1 unspecified atom stereocenters. The van der Waals surface area contributed by atoms with E-state index in [1.54, 1.807) is 32.2 Å². The fourth-order valence-electron chi connectivity index (χ4n) is 1.53. The van der Waals surface area contributed by atoms with Crippen LogP contribution in [0.15, 0.2) is 18.2 Å². The number of hydrogen-bond donors (Lipinski definition) is 3. The Kier molecular flexibility index (Phi) is 9.37. The minimum atomic E-state index is -0.362. The lowest BCUT2D eigenvalue weighted by atomic mass is 10.1. The van der Waals surface area contributed by atoms with E-state index in [1.807, 2.05) is 0 Å². The number of anilines is 1. The lowest BCUT2D eigenvalue weighted by Crippen LogP contribution is -2.38. The summed E-state index contributed by atoms with van der Waals surface area (Å²) in [7, 11) is 1.76. The largest absolute Gasteiger partial charge is 0.347 e. The van der Waals surface area contributed by atoms with Gasteiger partial charge in [-0.1, -0.05) is 30.1 Å². The quantitative estimate of drug-likeness (QED) is 0.734. The van der Waals surface area contributed by atoms with Crippen molar-refractivity contribution in [2.24, 2.45) is 5.92 Å². The van der Waals surface area contributed by atoms with Gasteiger partial charge in [-0.25, -0.2) is 0 Å². The molecule has 3 N–H and O–H groups in total. The van der Waals surface area contributed by atoms with Gasteiger partial charge in [-0.3, -0.25) is 9.59 Å². The second-order valence-corrected chi connectivity index (χ2v) is 5.19. The van der Waals surface area contributed by atoms with Crippen molar-refractivity contribution in [1.82, 2.24) is 10.6 Å². The highest BCUT2D eigenvalue weighted by molar-refractivity contribution is 6.35. The van der Waals surface area contributed by atoms with Crippen LogP contribution in [0.25, 0.3) is 0 Å². The molecule has 21 heavy (non-hydrogen) atoms. The van der Waals surface area contributed by atoms with E-state index in [0.717, 1.165) is 0 Å². The second kappa shape index (κ2) is 9.84. The lowest BCUT2D eigenvalue weighted by molar-refractivity contribution is -0.126. The molecule has 0 heterocycles. The Morgan fingerprint density at radius 1 is 1.29 bits per heavy atom. The first kappa shape index (κ1) is 20.0. The molecule has 0 aliphatic carbocycles. The molecule has 1 aromatic rings. The SMILES string of the molecule is CNCC(C)C(=O)NCC(=O)Nc1cc(Cl)ccc1Cl.Cl. The molecule has 1 atom stereocenters. The van der Waals surface area contributed by atoms with E-state index in [1.165, 1.54) is 0 Å². The molecule has 0 aromatic heterocycles. The van der Waals surface area contributed by atoms with E-state index in [4.69, 9.17) is 23.2 Å². The fourth-order valence-corrected chi connectivity index (χ4v) is 1.87. The Bertz CT molecular complexity index is 498. The lowest BCUT2D eigenvalue weighted by Gasteiger charge is -2.12. The average molecular weight is 355 g/mol. The molecule has 0 fully saturated rings. The minimum Gasteiger partial charge on any atom is -0.347 e. The summed E-state index contributed by atoms with van der Waals surface area (Å²) in [5.74, 6) is -0.756. The molecule has 8 heteroatoms. The fraction of sp³-hybridized carbons (Fsp3) is 0.385. The van der Waals surface area contributed by atoms with Crippen molar-refractivity contribution in [3.8, 4) is 0 Å². The Hall–Kier alpha value is -1.01. The van der Waals surface area contributed by atoms with Crippen LogP contribution in [0.1, 0.15) is 6.92 Å². The monoisotopic (exact) mass is 353 g/mol. The van der Waals surface area contributed by atoms with Gasteiger partial charge in [0.1, 0.15) is 0 Å². The standard InChI is InChI=1S/C13H17Cl2N3O2.ClH/c1-8(6-16-2)13(20)17-7-12(19)18-11-5-9(14)3-4-10(11)15;/h3-5,8,16H,6-7H2,1-2H3,(H,17,20)(H,18,19);1H. The molecular weight excluding hydrogens is 337 g/mol. The number of rotatable bonds is 6. The van der Waals surface area contributed by atoms with Crippen LogP contribution in [-0.4, -0.2) is 32.0 Å². The van der Waals surface area contributed by atoms with E-state index in [0.29, 0.717) is 22.3 Å². The Morgan fingerprint density at radius 3 is 2.57 bits per heavy atom. The predicted molar refractivity (Wildman–Crippen MR) is 88.4 cm³/mol. The maximum Gasteiger partial charge on any atom is 0.243 e. The molecule has 2 amide bonds. The third-order valence-electron chi connectivity index (χ3n) is 2.58. The summed E-state index contributed by atoms with van der Waals surface area (Å²) in [6.45, 7) is 2.21. The third kappa shape index (κ3) is 7.00. The molecule has 1 aromatic carbocycles. The predicted octanol–water partition coefficient (Wildman–Crippen LogP) is 2.33. The highest BCUT2D eigenvalue weighted by Gasteiger charge is 2.13. The zero-order valence-corrected chi connectivity index (χ0v) is 14.0. The average Bonchev–Trinajstić information content (AvgIpc) is 2.40. The Labute approximate surface area is 140 Å². The summed E-state index contributed by atoms with van der Waals surface area (Å²) in [4.78, 5) is 23.4. The van der Waals surface area contributed by atoms with Gasteiger partial charge in [-0.15, -0.1) is 12.4 Å². The van der Waals surface area contributed by atoms with Crippen LogP contribution >= 0.6 is 35.6 Å². The van der Waals surface area contributed by atoms with Crippen molar-refractivity contribution in [1.29, 1.82) is 0 Å². The summed E-state index contributed by atoms with van der Waals surface area (Å²) in [6, 6.07) is 4.76. The molecule has 0 spiro atoms. The third-order valence-corrected chi connectivity index (χ3v) is 3.15. The second-order valence-electron chi connectivity index (χ2n) is 4.35. The molecule has 0 bridgehead atoms. The van der Waals surface area contributed by atoms with E-state index >= 15 is 0 Å². The normalized spacial score (nSPS) is 11.2. The van der Waals surface area contributed by atoms with Crippen molar-refractivity contribution in [3.05, 3.63) is 28.2 Å². The first-order chi connectivity index (χ1) is 9.43. The number of amides is 2. The van der Waals surface area contributed by atoms with Crippen LogP contribution in [-0.2, 0) is 9.59 Å². The summed E-state index contributed by atoms with van der Waals surface area (Å²) in [5.41, 5.74) is 0.418.